The van der Waals surface area contributed by atoms with Crippen molar-refractivity contribution in [1.82, 2.24) is 4.72 Å². The summed E-state index contributed by atoms with van der Waals surface area (Å²) in [7, 11) is -3.74. The second-order valence-electron chi connectivity index (χ2n) is 4.85. The van der Waals surface area contributed by atoms with Gasteiger partial charge in [0.15, 0.2) is 0 Å². The summed E-state index contributed by atoms with van der Waals surface area (Å²) < 4.78 is 27.0. The normalized spacial score (nSPS) is 12.2. The van der Waals surface area contributed by atoms with Crippen LogP contribution < -0.4 is 4.72 Å². The SMILES string of the molecule is CCC(O)(CC)CNS(=O)(=O)c1cc(C#N)ccc1C. The summed E-state index contributed by atoms with van der Waals surface area (Å²) in [4.78, 5) is 0.0751. The number of hydrogen-bond donors (Lipinski definition) is 2. The van der Waals surface area contributed by atoms with E-state index in [-0.39, 0.29) is 17.0 Å². The van der Waals surface area contributed by atoms with Gasteiger partial charge in [-0.05, 0) is 37.5 Å². The van der Waals surface area contributed by atoms with Gasteiger partial charge in [0.1, 0.15) is 0 Å². The zero-order valence-electron chi connectivity index (χ0n) is 12.0. The maximum absolute atomic E-state index is 12.3. The maximum atomic E-state index is 12.3. The second-order valence-corrected chi connectivity index (χ2v) is 6.58. The third kappa shape index (κ3) is 3.79. The van der Waals surface area contributed by atoms with E-state index in [2.05, 4.69) is 4.72 Å². The van der Waals surface area contributed by atoms with E-state index < -0.39 is 15.6 Å². The minimum absolute atomic E-state index is 0.0431. The molecular weight excluding hydrogens is 276 g/mol. The van der Waals surface area contributed by atoms with E-state index in [9.17, 15) is 13.5 Å². The number of hydrogen-bond acceptors (Lipinski definition) is 4. The lowest BCUT2D eigenvalue weighted by Gasteiger charge is -2.25. The fraction of sp³-hybridized carbons (Fsp3) is 0.500. The molecule has 0 radical (unpaired) electrons. The van der Waals surface area contributed by atoms with Crippen molar-refractivity contribution in [2.24, 2.45) is 0 Å². The van der Waals surface area contributed by atoms with Gasteiger partial charge in [-0.3, -0.25) is 0 Å². The number of aliphatic hydroxyl groups is 1. The Bertz CT molecular complexity index is 614. The molecule has 5 nitrogen and oxygen atoms in total. The fourth-order valence-corrected chi connectivity index (χ4v) is 3.15. The quantitative estimate of drug-likeness (QED) is 0.836. The molecule has 0 atom stereocenters. The highest BCUT2D eigenvalue weighted by atomic mass is 32.2. The average Bonchev–Trinajstić information content (AvgIpc) is 2.45. The summed E-state index contributed by atoms with van der Waals surface area (Å²) in [5, 5.41) is 19.0. The van der Waals surface area contributed by atoms with Crippen LogP contribution in [0.2, 0.25) is 0 Å². The first-order valence-corrected chi connectivity index (χ1v) is 7.99. The lowest BCUT2D eigenvalue weighted by Crippen LogP contribution is -2.42. The third-order valence-electron chi connectivity index (χ3n) is 3.51. The van der Waals surface area contributed by atoms with Gasteiger partial charge in [-0.15, -0.1) is 0 Å². The second kappa shape index (κ2) is 6.35. The van der Waals surface area contributed by atoms with Gasteiger partial charge in [0.05, 0.1) is 22.1 Å². The molecule has 1 aromatic carbocycles. The molecule has 6 heteroatoms. The molecule has 0 saturated carbocycles. The molecule has 0 unspecified atom stereocenters. The zero-order valence-corrected chi connectivity index (χ0v) is 12.8. The summed E-state index contributed by atoms with van der Waals surface area (Å²) in [5.74, 6) is 0. The summed E-state index contributed by atoms with van der Waals surface area (Å²) in [5.41, 5.74) is -0.196. The number of nitrogens with zero attached hydrogens (tertiary/aromatic N) is 1. The molecule has 0 aromatic heterocycles. The van der Waals surface area contributed by atoms with Crippen molar-refractivity contribution in [1.29, 1.82) is 5.26 Å². The Balaban J connectivity index is 3.04. The van der Waals surface area contributed by atoms with Crippen molar-refractivity contribution in [2.45, 2.75) is 44.1 Å². The third-order valence-corrected chi connectivity index (χ3v) is 5.06. The topological polar surface area (TPSA) is 90.2 Å². The van der Waals surface area contributed by atoms with Gasteiger partial charge >= 0.3 is 0 Å². The molecule has 0 fully saturated rings. The Morgan fingerprint density at radius 2 is 1.95 bits per heavy atom. The van der Waals surface area contributed by atoms with Crippen LogP contribution in [0.15, 0.2) is 23.1 Å². The monoisotopic (exact) mass is 296 g/mol. The minimum atomic E-state index is -3.74. The van der Waals surface area contributed by atoms with Crippen LogP contribution in [0.4, 0.5) is 0 Å². The van der Waals surface area contributed by atoms with Gasteiger partial charge in [0.2, 0.25) is 10.0 Å². The van der Waals surface area contributed by atoms with Crippen LogP contribution in [0.5, 0.6) is 0 Å². The molecule has 0 saturated heterocycles. The van der Waals surface area contributed by atoms with Gasteiger partial charge in [-0.25, -0.2) is 13.1 Å². The molecule has 110 valence electrons. The first-order valence-electron chi connectivity index (χ1n) is 6.51. The Kier molecular flexibility index (Phi) is 5.28. The molecule has 0 aliphatic heterocycles. The molecule has 0 aliphatic rings. The molecule has 1 rings (SSSR count). The standard InChI is InChI=1S/C14H20N2O3S/c1-4-14(17,5-2)10-16-20(18,19)13-8-12(9-15)7-6-11(13)3/h6-8,16-17H,4-5,10H2,1-3H3. The minimum Gasteiger partial charge on any atom is -0.389 e. The van der Waals surface area contributed by atoms with E-state index in [1.807, 2.05) is 6.07 Å². The largest absolute Gasteiger partial charge is 0.389 e. The van der Waals surface area contributed by atoms with Crippen LogP contribution in [0.3, 0.4) is 0 Å². The van der Waals surface area contributed by atoms with Crippen LogP contribution in [0.1, 0.15) is 37.8 Å². The number of nitrogens with one attached hydrogen (secondary N) is 1. The molecule has 0 spiro atoms. The van der Waals surface area contributed by atoms with Crippen molar-refractivity contribution in [2.75, 3.05) is 6.54 Å². The predicted molar refractivity (Wildman–Crippen MR) is 76.6 cm³/mol. The van der Waals surface area contributed by atoms with Crippen LogP contribution in [0, 0.1) is 18.3 Å². The van der Waals surface area contributed by atoms with E-state index in [0.29, 0.717) is 18.4 Å². The van der Waals surface area contributed by atoms with Crippen molar-refractivity contribution in [3.05, 3.63) is 29.3 Å². The van der Waals surface area contributed by atoms with Crippen LogP contribution >= 0.6 is 0 Å². The number of rotatable bonds is 6. The van der Waals surface area contributed by atoms with E-state index >= 15 is 0 Å². The van der Waals surface area contributed by atoms with Crippen LogP contribution in [0.25, 0.3) is 0 Å². The van der Waals surface area contributed by atoms with E-state index in [1.54, 1.807) is 32.9 Å². The van der Waals surface area contributed by atoms with E-state index in [0.717, 1.165) is 0 Å². The smallest absolute Gasteiger partial charge is 0.240 e. The Morgan fingerprint density at radius 3 is 2.45 bits per heavy atom. The average molecular weight is 296 g/mol. The summed E-state index contributed by atoms with van der Waals surface area (Å²) >= 11 is 0. The predicted octanol–water partition coefficient (Wildman–Crippen LogP) is 1.70. The summed E-state index contributed by atoms with van der Waals surface area (Å²) in [6.45, 7) is 5.23. The van der Waals surface area contributed by atoms with Crippen LogP contribution in [-0.4, -0.2) is 25.7 Å². The molecular formula is C14H20N2O3S. The molecule has 0 bridgehead atoms. The number of benzene rings is 1. The van der Waals surface area contributed by atoms with Crippen molar-refractivity contribution < 1.29 is 13.5 Å². The van der Waals surface area contributed by atoms with Crippen LogP contribution in [-0.2, 0) is 10.0 Å². The maximum Gasteiger partial charge on any atom is 0.240 e. The molecule has 0 amide bonds. The molecule has 2 N–H and O–H groups in total. The molecule has 0 aliphatic carbocycles. The lowest BCUT2D eigenvalue weighted by atomic mass is 9.98. The Morgan fingerprint density at radius 1 is 1.35 bits per heavy atom. The summed E-state index contributed by atoms with van der Waals surface area (Å²) in [6, 6.07) is 6.43. The van der Waals surface area contributed by atoms with Gasteiger partial charge in [0, 0.05) is 6.54 Å². The lowest BCUT2D eigenvalue weighted by molar-refractivity contribution is 0.0377. The van der Waals surface area contributed by atoms with Gasteiger partial charge in [-0.1, -0.05) is 19.9 Å². The highest BCUT2D eigenvalue weighted by Gasteiger charge is 2.26. The van der Waals surface area contributed by atoms with Crippen molar-refractivity contribution >= 4 is 10.0 Å². The van der Waals surface area contributed by atoms with Crippen molar-refractivity contribution in [3.8, 4) is 6.07 Å². The summed E-state index contributed by atoms with van der Waals surface area (Å²) in [6.07, 6.45) is 0.923. The first kappa shape index (κ1) is 16.6. The molecule has 20 heavy (non-hydrogen) atoms. The molecule has 1 aromatic rings. The highest BCUT2D eigenvalue weighted by molar-refractivity contribution is 7.89. The zero-order chi connectivity index (χ0) is 15.4. The van der Waals surface area contributed by atoms with Gasteiger partial charge < -0.3 is 5.11 Å². The van der Waals surface area contributed by atoms with Gasteiger partial charge in [0.25, 0.3) is 0 Å². The number of nitriles is 1. The number of sulfonamides is 1. The Hall–Kier alpha value is -1.42. The van der Waals surface area contributed by atoms with E-state index in [1.165, 1.54) is 6.07 Å². The first-order chi connectivity index (χ1) is 9.28. The number of aryl methyl sites for hydroxylation is 1. The highest BCUT2D eigenvalue weighted by Crippen LogP contribution is 2.19. The molecule has 0 heterocycles. The fourth-order valence-electron chi connectivity index (χ4n) is 1.77. The van der Waals surface area contributed by atoms with Gasteiger partial charge in [-0.2, -0.15) is 5.26 Å². The Labute approximate surface area is 120 Å². The van der Waals surface area contributed by atoms with Crippen molar-refractivity contribution in [3.63, 3.8) is 0 Å². The van der Waals surface area contributed by atoms with E-state index in [4.69, 9.17) is 5.26 Å².